The lowest BCUT2D eigenvalue weighted by atomic mass is 9.51. The van der Waals surface area contributed by atoms with Crippen LogP contribution in [-0.2, 0) is 23.9 Å². The summed E-state index contributed by atoms with van der Waals surface area (Å²) in [6.45, 7) is 1.67. The number of hydrogen-bond acceptors (Lipinski definition) is 8. The van der Waals surface area contributed by atoms with Gasteiger partial charge in [-0.15, -0.1) is 0 Å². The van der Waals surface area contributed by atoms with E-state index in [2.05, 4.69) is 15.9 Å². The Morgan fingerprint density at radius 3 is 2.47 bits per heavy atom. The van der Waals surface area contributed by atoms with E-state index >= 15 is 0 Å². The van der Waals surface area contributed by atoms with E-state index in [1.165, 1.54) is 19.2 Å². The number of aromatic hydroxyl groups is 1. The van der Waals surface area contributed by atoms with Crippen molar-refractivity contribution in [3.63, 3.8) is 0 Å². The first kappa shape index (κ1) is 29.3. The molecule has 0 spiro atoms. The largest absolute Gasteiger partial charge is 0.503 e. The zero-order valence-corrected chi connectivity index (χ0v) is 25.4. The second kappa shape index (κ2) is 10.2. The summed E-state index contributed by atoms with van der Waals surface area (Å²) in [7, 11) is 2.45. The minimum atomic E-state index is -1.40. The molecule has 0 aromatic heterocycles. The SMILES string of the molecule is COC(=O)N1C(=O)C2CC=C3C(CC4C(=O)N(c5ccc(F)c(Cl)c5)C(=O)C4(C)C3c3cc(Br)c(O)c(OC)c3)C2C1=O. The van der Waals surface area contributed by atoms with Crippen molar-refractivity contribution in [1.82, 2.24) is 4.90 Å². The van der Waals surface area contributed by atoms with Crippen molar-refractivity contribution in [2.24, 2.45) is 29.1 Å². The van der Waals surface area contributed by atoms with Gasteiger partial charge in [-0.3, -0.25) is 19.2 Å². The van der Waals surface area contributed by atoms with Gasteiger partial charge in [-0.1, -0.05) is 23.3 Å². The molecule has 1 saturated carbocycles. The van der Waals surface area contributed by atoms with Crippen LogP contribution in [0.15, 0.2) is 46.5 Å². The number of benzene rings is 2. The van der Waals surface area contributed by atoms with Gasteiger partial charge in [0, 0.05) is 5.92 Å². The lowest BCUT2D eigenvalue weighted by molar-refractivity contribution is -0.138. The molecule has 2 aliphatic carbocycles. The molecule has 13 heteroatoms. The first-order valence-electron chi connectivity index (χ1n) is 13.4. The second-order valence-corrected chi connectivity index (χ2v) is 12.6. The van der Waals surface area contributed by atoms with Gasteiger partial charge in [0.2, 0.25) is 23.6 Å². The Bertz CT molecular complexity index is 1680. The number of carbonyl (C=O) groups excluding carboxylic acids is 5. The van der Waals surface area contributed by atoms with Crippen molar-refractivity contribution in [3.05, 3.63) is 62.9 Å². The molecule has 2 heterocycles. The molecule has 0 bridgehead atoms. The van der Waals surface area contributed by atoms with Crippen LogP contribution in [0.1, 0.15) is 31.2 Å². The standard InChI is InChI=1S/C30H25BrClFN2O8/c1-30-17(26(38)34(28(30)40)13-4-7-20(33)19(32)10-13)11-16-14(23(30)12-8-18(31)24(36)21(9-12)42-2)5-6-15-22(16)27(39)35(25(15)37)29(41)43-3/h4-5,7-10,15-17,22-23,36H,6,11H2,1-3H3. The fourth-order valence-electron chi connectivity index (χ4n) is 7.45. The van der Waals surface area contributed by atoms with E-state index in [4.69, 9.17) is 21.1 Å². The molecule has 43 heavy (non-hydrogen) atoms. The van der Waals surface area contributed by atoms with Gasteiger partial charge in [0.05, 0.1) is 52.6 Å². The Kier molecular flexibility index (Phi) is 6.92. The summed E-state index contributed by atoms with van der Waals surface area (Å²) in [5.41, 5.74) is -0.126. The maximum Gasteiger partial charge on any atom is 0.423 e. The highest BCUT2D eigenvalue weighted by molar-refractivity contribution is 9.10. The number of nitrogens with zero attached hydrogens (tertiary/aromatic N) is 2. The normalized spacial score (nSPS) is 29.7. The molecular formula is C30H25BrClFN2O8. The number of likely N-dealkylation sites (tertiary alicyclic amines) is 1. The molecule has 2 aliphatic heterocycles. The van der Waals surface area contributed by atoms with Gasteiger partial charge in [-0.2, -0.15) is 4.90 Å². The third-order valence-corrected chi connectivity index (χ3v) is 10.3. The van der Waals surface area contributed by atoms with Crippen LogP contribution in [0.25, 0.3) is 0 Å². The van der Waals surface area contributed by atoms with E-state index in [0.717, 1.165) is 18.1 Å². The topological polar surface area (TPSA) is 131 Å². The summed E-state index contributed by atoms with van der Waals surface area (Å²) in [6.07, 6.45) is 0.899. The maximum absolute atomic E-state index is 14.4. The Labute approximate surface area is 258 Å². The summed E-state index contributed by atoms with van der Waals surface area (Å²) >= 11 is 9.37. The fourth-order valence-corrected chi connectivity index (χ4v) is 8.09. The van der Waals surface area contributed by atoms with Crippen molar-refractivity contribution in [2.75, 3.05) is 19.1 Å². The average Bonchev–Trinajstić information content (AvgIpc) is 3.35. The summed E-state index contributed by atoms with van der Waals surface area (Å²) in [5.74, 6) is -7.53. The molecule has 2 aromatic rings. The molecule has 1 N–H and O–H groups in total. The predicted molar refractivity (Wildman–Crippen MR) is 153 cm³/mol. The molecule has 224 valence electrons. The number of carbonyl (C=O) groups is 5. The van der Waals surface area contributed by atoms with Crippen molar-refractivity contribution in [2.45, 2.75) is 25.7 Å². The number of phenols is 1. The molecule has 0 radical (unpaired) electrons. The number of allylic oxidation sites excluding steroid dienone is 2. The number of fused-ring (bicyclic) bond motifs is 4. The second-order valence-electron chi connectivity index (χ2n) is 11.3. The zero-order valence-electron chi connectivity index (χ0n) is 23.1. The number of anilines is 1. The smallest absolute Gasteiger partial charge is 0.423 e. The summed E-state index contributed by atoms with van der Waals surface area (Å²) < 4.78 is 24.4. The van der Waals surface area contributed by atoms with Crippen LogP contribution in [0.3, 0.4) is 0 Å². The minimum Gasteiger partial charge on any atom is -0.503 e. The highest BCUT2D eigenvalue weighted by atomic mass is 79.9. The van der Waals surface area contributed by atoms with Crippen LogP contribution >= 0.6 is 27.5 Å². The molecule has 5 amide bonds. The van der Waals surface area contributed by atoms with E-state index in [9.17, 15) is 33.5 Å². The van der Waals surface area contributed by atoms with Crippen molar-refractivity contribution in [3.8, 4) is 11.5 Å². The quantitative estimate of drug-likeness (QED) is 0.357. The number of amides is 5. The number of phenolic OH excluding ortho intramolecular Hbond substituents is 1. The van der Waals surface area contributed by atoms with Crippen LogP contribution in [0, 0.1) is 34.9 Å². The maximum atomic E-state index is 14.4. The van der Waals surface area contributed by atoms with E-state index in [1.54, 1.807) is 19.1 Å². The predicted octanol–water partition coefficient (Wildman–Crippen LogP) is 4.95. The lowest BCUT2D eigenvalue weighted by Gasteiger charge is -2.49. The monoisotopic (exact) mass is 674 g/mol. The third kappa shape index (κ3) is 3.98. The zero-order chi connectivity index (χ0) is 31.1. The van der Waals surface area contributed by atoms with Gasteiger partial charge in [-0.05, 0) is 77.5 Å². The third-order valence-electron chi connectivity index (χ3n) is 9.40. The van der Waals surface area contributed by atoms with Gasteiger partial charge in [-0.25, -0.2) is 14.1 Å². The Balaban J connectivity index is 1.55. The number of methoxy groups -OCH3 is 2. The van der Waals surface area contributed by atoms with Gasteiger partial charge in [0.15, 0.2) is 11.5 Å². The first-order chi connectivity index (χ1) is 20.4. The van der Waals surface area contributed by atoms with Crippen LogP contribution in [0.5, 0.6) is 11.5 Å². The van der Waals surface area contributed by atoms with Crippen LogP contribution in [0.4, 0.5) is 14.9 Å². The number of rotatable bonds is 3. The molecule has 3 fully saturated rings. The molecule has 4 aliphatic rings. The van der Waals surface area contributed by atoms with Crippen molar-refractivity contribution < 1.29 is 42.9 Å². The van der Waals surface area contributed by atoms with Gasteiger partial charge in [0.1, 0.15) is 5.82 Å². The highest BCUT2D eigenvalue weighted by Gasteiger charge is 2.68. The minimum absolute atomic E-state index is 0.0421. The molecular weight excluding hydrogens is 651 g/mol. The summed E-state index contributed by atoms with van der Waals surface area (Å²) in [4.78, 5) is 69.3. The van der Waals surface area contributed by atoms with E-state index < -0.39 is 70.5 Å². The van der Waals surface area contributed by atoms with Crippen molar-refractivity contribution >= 4 is 62.9 Å². The number of imide groups is 4. The molecule has 10 nitrogen and oxygen atoms in total. The van der Waals surface area contributed by atoms with Gasteiger partial charge in [0.25, 0.3) is 0 Å². The van der Waals surface area contributed by atoms with E-state index in [-0.39, 0.29) is 39.5 Å². The summed E-state index contributed by atoms with van der Waals surface area (Å²) in [5, 5.41) is 10.3. The van der Waals surface area contributed by atoms with Crippen LogP contribution in [-0.4, -0.2) is 53.9 Å². The lowest BCUT2D eigenvalue weighted by Crippen LogP contribution is -2.49. The first-order valence-corrected chi connectivity index (χ1v) is 14.6. The van der Waals surface area contributed by atoms with Gasteiger partial charge < -0.3 is 14.6 Å². The molecule has 6 rings (SSSR count). The van der Waals surface area contributed by atoms with Crippen molar-refractivity contribution in [1.29, 1.82) is 0 Å². The molecule has 6 atom stereocenters. The fraction of sp³-hybridized carbons (Fsp3) is 0.367. The average molecular weight is 676 g/mol. The van der Waals surface area contributed by atoms with Crippen LogP contribution < -0.4 is 9.64 Å². The molecule has 6 unspecified atom stereocenters. The Hall–Kier alpha value is -3.77. The Morgan fingerprint density at radius 1 is 1.09 bits per heavy atom. The molecule has 2 saturated heterocycles. The van der Waals surface area contributed by atoms with Crippen LogP contribution in [0.2, 0.25) is 5.02 Å². The van der Waals surface area contributed by atoms with E-state index in [1.807, 2.05) is 6.08 Å². The molecule has 2 aromatic carbocycles. The number of halogens is 3. The van der Waals surface area contributed by atoms with Gasteiger partial charge >= 0.3 is 6.09 Å². The summed E-state index contributed by atoms with van der Waals surface area (Å²) in [6, 6.07) is 6.76. The number of ether oxygens (including phenoxy) is 2. The number of hydrogen-bond donors (Lipinski definition) is 1. The van der Waals surface area contributed by atoms with E-state index in [0.29, 0.717) is 16.0 Å². The Morgan fingerprint density at radius 2 is 1.81 bits per heavy atom. The highest BCUT2D eigenvalue weighted by Crippen LogP contribution is 2.64.